The minimum absolute atomic E-state index is 0.0295. The van der Waals surface area contributed by atoms with Crippen molar-refractivity contribution in [1.29, 1.82) is 0 Å². The van der Waals surface area contributed by atoms with Gasteiger partial charge in [0.25, 0.3) is 0 Å². The Kier molecular flexibility index (Phi) is 6.89. The summed E-state index contributed by atoms with van der Waals surface area (Å²) in [6, 6.07) is 11.3. The highest BCUT2D eigenvalue weighted by Gasteiger charge is 2.51. The van der Waals surface area contributed by atoms with Crippen LogP contribution in [0, 0.1) is 17.7 Å². The molecule has 4 aliphatic rings. The number of esters is 1. The van der Waals surface area contributed by atoms with E-state index in [1.807, 2.05) is 19.1 Å². The number of methoxy groups -OCH3 is 1. The predicted molar refractivity (Wildman–Crippen MR) is 144 cm³/mol. The van der Waals surface area contributed by atoms with E-state index in [1.165, 1.54) is 48.9 Å². The van der Waals surface area contributed by atoms with E-state index in [1.54, 1.807) is 0 Å². The molecule has 0 bridgehead atoms. The van der Waals surface area contributed by atoms with Crippen LogP contribution in [0.4, 0.5) is 4.39 Å². The molecule has 3 fully saturated rings. The first-order valence-corrected chi connectivity index (χ1v) is 14.1. The number of likely N-dealkylation sites (tertiary alicyclic amines) is 1. The Morgan fingerprint density at radius 1 is 1.08 bits per heavy atom. The first-order chi connectivity index (χ1) is 18.5. The van der Waals surface area contributed by atoms with Crippen LogP contribution in [0.15, 0.2) is 41.6 Å². The summed E-state index contributed by atoms with van der Waals surface area (Å²) in [6.45, 7) is 5.12. The monoisotopic (exact) mass is 520 g/mol. The molecular weight excluding hydrogens is 483 g/mol. The summed E-state index contributed by atoms with van der Waals surface area (Å²) in [7, 11) is 1.47. The van der Waals surface area contributed by atoms with E-state index in [4.69, 9.17) is 14.3 Å². The zero-order valence-electron chi connectivity index (χ0n) is 22.4. The number of carbonyl (C=O) groups excluding carboxylic acids is 1. The molecule has 38 heavy (non-hydrogen) atoms. The van der Waals surface area contributed by atoms with Crippen LogP contribution in [-0.2, 0) is 20.9 Å². The van der Waals surface area contributed by atoms with Crippen LogP contribution >= 0.6 is 0 Å². The van der Waals surface area contributed by atoms with E-state index in [0.29, 0.717) is 18.4 Å². The van der Waals surface area contributed by atoms with E-state index in [9.17, 15) is 9.18 Å². The molecule has 1 spiro atoms. The van der Waals surface area contributed by atoms with Crippen molar-refractivity contribution < 1.29 is 23.5 Å². The number of nitrogens with zero attached hydrogens (tertiary/aromatic N) is 2. The molecule has 6 nitrogen and oxygen atoms in total. The molecule has 0 atom stereocenters. The zero-order valence-corrected chi connectivity index (χ0v) is 22.4. The smallest absolute Gasteiger partial charge is 0.308 e. The van der Waals surface area contributed by atoms with Crippen LogP contribution < -0.4 is 4.74 Å². The van der Waals surface area contributed by atoms with Gasteiger partial charge in [0.2, 0.25) is 0 Å². The van der Waals surface area contributed by atoms with Crippen LogP contribution in [-0.4, -0.2) is 49.0 Å². The largest absolute Gasteiger partial charge is 0.494 e. The third kappa shape index (κ3) is 5.05. The molecular formula is C31H37FN2O4. The summed E-state index contributed by atoms with van der Waals surface area (Å²) in [5.74, 6) is 1.61. The van der Waals surface area contributed by atoms with Crippen LogP contribution in [0.5, 0.6) is 5.75 Å². The summed E-state index contributed by atoms with van der Waals surface area (Å²) < 4.78 is 24.6. The lowest BCUT2D eigenvalue weighted by molar-refractivity contribution is -0.146. The lowest BCUT2D eigenvalue weighted by Crippen LogP contribution is -2.61. The van der Waals surface area contributed by atoms with Gasteiger partial charge in [-0.05, 0) is 92.3 Å². The Bertz CT molecular complexity index is 1210. The lowest BCUT2D eigenvalue weighted by atomic mass is 9.76. The first-order valence-electron chi connectivity index (χ1n) is 14.1. The van der Waals surface area contributed by atoms with Gasteiger partial charge < -0.3 is 14.3 Å². The van der Waals surface area contributed by atoms with E-state index in [-0.39, 0.29) is 23.3 Å². The molecule has 0 aromatic heterocycles. The SMILES string of the molecule is CCOc1cc(-c2ccc(F)cc2)c(C2CC2)cc1CN1CC2(CC(C3CCC(C(=O)OC)CC3)=NO2)C1. The molecule has 0 N–H and O–H groups in total. The number of carbonyl (C=O) groups is 1. The first kappa shape index (κ1) is 25.4. The summed E-state index contributed by atoms with van der Waals surface area (Å²) in [4.78, 5) is 20.3. The molecule has 2 heterocycles. The number of ether oxygens (including phenoxy) is 2. The van der Waals surface area contributed by atoms with Gasteiger partial charge in [-0.1, -0.05) is 17.3 Å². The molecule has 2 aliphatic carbocycles. The third-order valence-electron chi connectivity index (χ3n) is 8.72. The number of rotatable bonds is 8. The van der Waals surface area contributed by atoms with Crippen molar-refractivity contribution in [3.8, 4) is 16.9 Å². The molecule has 0 unspecified atom stereocenters. The second kappa shape index (κ2) is 10.3. The van der Waals surface area contributed by atoms with Gasteiger partial charge >= 0.3 is 5.97 Å². The number of hydrogen-bond donors (Lipinski definition) is 0. The summed E-state index contributed by atoms with van der Waals surface area (Å²) in [5, 5.41) is 4.53. The Hall–Kier alpha value is -2.93. The van der Waals surface area contributed by atoms with E-state index in [0.717, 1.165) is 68.6 Å². The minimum Gasteiger partial charge on any atom is -0.494 e. The summed E-state index contributed by atoms with van der Waals surface area (Å²) >= 11 is 0. The standard InChI is InChI=1S/C31H37FN2O4/c1-3-37-29-15-27(21-10-12-25(32)13-11-21)26(20-4-5-20)14-24(29)17-34-18-31(19-34)16-28(33-38-31)22-6-8-23(9-7-22)30(35)36-2/h10-15,20,22-23H,3-9,16-19H2,1-2H3. The molecule has 0 amide bonds. The fourth-order valence-corrected chi connectivity index (χ4v) is 6.56. The van der Waals surface area contributed by atoms with Gasteiger partial charge in [0, 0.05) is 37.5 Å². The van der Waals surface area contributed by atoms with Crippen LogP contribution in [0.25, 0.3) is 11.1 Å². The second-order valence-corrected chi connectivity index (χ2v) is 11.5. The van der Waals surface area contributed by atoms with Gasteiger partial charge in [0.05, 0.1) is 25.3 Å². The zero-order chi connectivity index (χ0) is 26.3. The van der Waals surface area contributed by atoms with Crippen LogP contribution in [0.3, 0.4) is 0 Å². The van der Waals surface area contributed by atoms with E-state index in [2.05, 4.69) is 22.2 Å². The van der Waals surface area contributed by atoms with Gasteiger partial charge in [-0.3, -0.25) is 9.69 Å². The van der Waals surface area contributed by atoms with Crippen molar-refractivity contribution in [2.24, 2.45) is 17.0 Å². The highest BCUT2D eigenvalue weighted by Crippen LogP contribution is 2.47. The maximum atomic E-state index is 13.6. The topological polar surface area (TPSA) is 60.4 Å². The Balaban J connectivity index is 1.11. The molecule has 2 aromatic rings. The molecule has 202 valence electrons. The third-order valence-corrected chi connectivity index (χ3v) is 8.72. The Morgan fingerprint density at radius 2 is 1.79 bits per heavy atom. The van der Waals surface area contributed by atoms with Gasteiger partial charge in [0.1, 0.15) is 11.6 Å². The van der Waals surface area contributed by atoms with E-state index < -0.39 is 0 Å². The average molecular weight is 521 g/mol. The molecule has 2 saturated carbocycles. The number of oxime groups is 1. The molecule has 2 aromatic carbocycles. The minimum atomic E-state index is -0.217. The lowest BCUT2D eigenvalue weighted by Gasteiger charge is -2.45. The maximum Gasteiger partial charge on any atom is 0.308 e. The van der Waals surface area contributed by atoms with Crippen molar-refractivity contribution in [3.63, 3.8) is 0 Å². The second-order valence-electron chi connectivity index (χ2n) is 11.5. The quantitative estimate of drug-likeness (QED) is 0.395. The van der Waals surface area contributed by atoms with Crippen molar-refractivity contribution in [2.45, 2.75) is 69.9 Å². The highest BCUT2D eigenvalue weighted by atomic mass is 19.1. The molecule has 2 aliphatic heterocycles. The van der Waals surface area contributed by atoms with E-state index >= 15 is 0 Å². The number of benzene rings is 2. The number of hydrogen-bond acceptors (Lipinski definition) is 6. The highest BCUT2D eigenvalue weighted by molar-refractivity contribution is 5.89. The fourth-order valence-electron chi connectivity index (χ4n) is 6.56. The average Bonchev–Trinajstić information content (AvgIpc) is 3.67. The van der Waals surface area contributed by atoms with Gasteiger partial charge in [-0.15, -0.1) is 0 Å². The van der Waals surface area contributed by atoms with Crippen molar-refractivity contribution in [2.75, 3.05) is 26.8 Å². The fraction of sp³-hybridized carbons (Fsp3) is 0.548. The van der Waals surface area contributed by atoms with Gasteiger partial charge in [-0.25, -0.2) is 4.39 Å². The van der Waals surface area contributed by atoms with Crippen LogP contribution in [0.1, 0.15) is 68.9 Å². The van der Waals surface area contributed by atoms with Crippen LogP contribution in [0.2, 0.25) is 0 Å². The summed E-state index contributed by atoms with van der Waals surface area (Å²) in [5.41, 5.74) is 5.69. The van der Waals surface area contributed by atoms with Crippen molar-refractivity contribution in [3.05, 3.63) is 53.3 Å². The maximum absolute atomic E-state index is 13.6. The predicted octanol–water partition coefficient (Wildman–Crippen LogP) is 6.08. The van der Waals surface area contributed by atoms with Gasteiger partial charge in [0.15, 0.2) is 5.60 Å². The molecule has 7 heteroatoms. The Morgan fingerprint density at radius 3 is 2.45 bits per heavy atom. The molecule has 1 saturated heterocycles. The number of halogens is 1. The molecule has 0 radical (unpaired) electrons. The van der Waals surface area contributed by atoms with Crippen molar-refractivity contribution >= 4 is 11.7 Å². The molecule has 6 rings (SSSR count). The normalized spacial score (nSPS) is 24.4. The Labute approximate surface area is 224 Å². The van der Waals surface area contributed by atoms with Crippen molar-refractivity contribution in [1.82, 2.24) is 4.90 Å². The van der Waals surface area contributed by atoms with Gasteiger partial charge in [-0.2, -0.15) is 0 Å². The summed E-state index contributed by atoms with van der Waals surface area (Å²) in [6.07, 6.45) is 6.97.